The highest BCUT2D eigenvalue weighted by atomic mass is 16.6. The number of aryl methyl sites for hydroxylation is 2. The van der Waals surface area contributed by atoms with Gasteiger partial charge in [0, 0.05) is 11.3 Å². The predicted molar refractivity (Wildman–Crippen MR) is 119 cm³/mol. The van der Waals surface area contributed by atoms with Crippen LogP contribution in [-0.2, 0) is 4.79 Å². The molecule has 0 aliphatic heterocycles. The molecule has 160 valence electrons. The maximum absolute atomic E-state index is 12.5. The zero-order valence-electron chi connectivity index (χ0n) is 17.8. The Kier molecular flexibility index (Phi) is 7.27. The van der Waals surface area contributed by atoms with E-state index in [1.807, 2.05) is 39.0 Å². The van der Waals surface area contributed by atoms with Crippen LogP contribution in [0.2, 0.25) is 0 Å². The third-order valence-corrected chi connectivity index (χ3v) is 4.48. The van der Waals surface area contributed by atoms with Crippen LogP contribution >= 0.6 is 0 Å². The van der Waals surface area contributed by atoms with Gasteiger partial charge in [-0.1, -0.05) is 12.1 Å². The van der Waals surface area contributed by atoms with Crippen LogP contribution < -0.4 is 19.5 Å². The average molecular weight is 419 g/mol. The highest BCUT2D eigenvalue weighted by molar-refractivity contribution is 6.04. The van der Waals surface area contributed by atoms with E-state index in [1.165, 1.54) is 0 Å². The molecule has 0 saturated heterocycles. The molecule has 0 aliphatic rings. The van der Waals surface area contributed by atoms with Crippen LogP contribution in [-0.4, -0.2) is 25.1 Å². The first-order valence-corrected chi connectivity index (χ1v) is 9.99. The minimum absolute atomic E-state index is 0.231. The number of ether oxygens (including phenoxy) is 3. The summed E-state index contributed by atoms with van der Waals surface area (Å²) in [6.07, 6.45) is 0. The van der Waals surface area contributed by atoms with Crippen molar-refractivity contribution in [2.45, 2.75) is 20.8 Å². The van der Waals surface area contributed by atoms with Crippen molar-refractivity contribution in [3.8, 4) is 17.2 Å². The van der Waals surface area contributed by atoms with Gasteiger partial charge < -0.3 is 19.5 Å². The maximum Gasteiger partial charge on any atom is 0.349 e. The molecule has 0 atom stereocenters. The zero-order valence-corrected chi connectivity index (χ0v) is 17.8. The Bertz CT molecular complexity index is 1040. The lowest BCUT2D eigenvalue weighted by molar-refractivity contribution is -0.136. The first-order valence-electron chi connectivity index (χ1n) is 9.99. The van der Waals surface area contributed by atoms with Crippen LogP contribution in [0.1, 0.15) is 28.4 Å². The molecule has 0 saturated carbocycles. The van der Waals surface area contributed by atoms with E-state index in [0.717, 1.165) is 22.6 Å². The molecule has 0 bridgehead atoms. The number of esters is 1. The molecule has 3 aromatic carbocycles. The number of anilines is 1. The van der Waals surface area contributed by atoms with Gasteiger partial charge in [0.25, 0.3) is 5.91 Å². The number of carbonyl (C=O) groups excluding carboxylic acids is 2. The van der Waals surface area contributed by atoms with Gasteiger partial charge in [-0.15, -0.1) is 0 Å². The lowest BCUT2D eigenvalue weighted by Gasteiger charge is -2.10. The summed E-state index contributed by atoms with van der Waals surface area (Å²) in [7, 11) is 0. The van der Waals surface area contributed by atoms with Gasteiger partial charge in [0.2, 0.25) is 0 Å². The minimum Gasteiger partial charge on any atom is -0.494 e. The van der Waals surface area contributed by atoms with E-state index in [2.05, 4.69) is 5.32 Å². The fraction of sp³-hybridized carbons (Fsp3) is 0.200. The molecule has 0 aromatic heterocycles. The molecule has 1 amide bonds. The summed E-state index contributed by atoms with van der Waals surface area (Å²) in [5, 5.41) is 2.90. The Labute approximate surface area is 181 Å². The average Bonchev–Trinajstić information content (AvgIpc) is 2.76. The third kappa shape index (κ3) is 6.34. The van der Waals surface area contributed by atoms with E-state index in [9.17, 15) is 9.59 Å². The molecule has 6 nitrogen and oxygen atoms in total. The number of carbonyl (C=O) groups is 2. The quantitative estimate of drug-likeness (QED) is 0.414. The molecule has 0 unspecified atom stereocenters. The van der Waals surface area contributed by atoms with Gasteiger partial charge in [-0.05, 0) is 86.5 Å². The van der Waals surface area contributed by atoms with Crippen molar-refractivity contribution >= 4 is 17.6 Å². The molecular formula is C25H25NO5. The normalized spacial score (nSPS) is 10.3. The lowest BCUT2D eigenvalue weighted by Crippen LogP contribution is -2.18. The van der Waals surface area contributed by atoms with Crippen LogP contribution in [0.4, 0.5) is 5.69 Å². The van der Waals surface area contributed by atoms with Crippen LogP contribution in [0.15, 0.2) is 66.7 Å². The Balaban J connectivity index is 1.51. The van der Waals surface area contributed by atoms with E-state index < -0.39 is 5.97 Å². The van der Waals surface area contributed by atoms with E-state index in [-0.39, 0.29) is 12.5 Å². The topological polar surface area (TPSA) is 73.9 Å². The fourth-order valence-corrected chi connectivity index (χ4v) is 2.84. The molecule has 0 spiro atoms. The standard InChI is InChI=1S/C25H25NO5/c1-4-29-20-11-13-21(14-12-20)30-16-24(27)31-22-9-7-19(8-10-22)25(28)26-23-15-17(2)5-6-18(23)3/h5-15H,4,16H2,1-3H3,(H,26,28). The molecule has 0 radical (unpaired) electrons. The van der Waals surface area contributed by atoms with Gasteiger partial charge in [-0.2, -0.15) is 0 Å². The van der Waals surface area contributed by atoms with Crippen LogP contribution in [0.3, 0.4) is 0 Å². The summed E-state index contributed by atoms with van der Waals surface area (Å²) in [5.41, 5.74) is 3.28. The van der Waals surface area contributed by atoms with Gasteiger partial charge in [-0.25, -0.2) is 4.79 Å². The largest absolute Gasteiger partial charge is 0.494 e. The summed E-state index contributed by atoms with van der Waals surface area (Å²) < 4.78 is 16.1. The second-order valence-corrected chi connectivity index (χ2v) is 6.96. The summed E-state index contributed by atoms with van der Waals surface area (Å²) in [5.74, 6) is 0.841. The monoisotopic (exact) mass is 419 g/mol. The van der Waals surface area contributed by atoms with Gasteiger partial charge in [-0.3, -0.25) is 4.79 Å². The van der Waals surface area contributed by atoms with Gasteiger partial charge in [0.15, 0.2) is 6.61 Å². The Morgan fingerprint density at radius 1 is 0.806 bits per heavy atom. The fourth-order valence-electron chi connectivity index (χ4n) is 2.84. The van der Waals surface area contributed by atoms with Crippen molar-refractivity contribution < 1.29 is 23.8 Å². The molecule has 3 aromatic rings. The number of benzene rings is 3. The van der Waals surface area contributed by atoms with Crippen molar-refractivity contribution in [1.29, 1.82) is 0 Å². The lowest BCUT2D eigenvalue weighted by atomic mass is 10.1. The Hall–Kier alpha value is -3.80. The van der Waals surface area contributed by atoms with Crippen molar-refractivity contribution in [1.82, 2.24) is 0 Å². The molecule has 1 N–H and O–H groups in total. The first-order chi connectivity index (χ1) is 14.9. The minimum atomic E-state index is -0.540. The summed E-state index contributed by atoms with van der Waals surface area (Å²) >= 11 is 0. The van der Waals surface area contributed by atoms with Crippen molar-refractivity contribution in [3.05, 3.63) is 83.4 Å². The maximum atomic E-state index is 12.5. The number of amides is 1. The molecule has 3 rings (SSSR count). The van der Waals surface area contributed by atoms with E-state index in [4.69, 9.17) is 14.2 Å². The molecule has 0 fully saturated rings. The highest BCUT2D eigenvalue weighted by Crippen LogP contribution is 2.20. The Morgan fingerprint density at radius 2 is 1.42 bits per heavy atom. The highest BCUT2D eigenvalue weighted by Gasteiger charge is 2.10. The van der Waals surface area contributed by atoms with Gasteiger partial charge in [0.05, 0.1) is 6.61 Å². The van der Waals surface area contributed by atoms with Crippen LogP contribution in [0.25, 0.3) is 0 Å². The van der Waals surface area contributed by atoms with Crippen molar-refractivity contribution in [2.24, 2.45) is 0 Å². The third-order valence-electron chi connectivity index (χ3n) is 4.48. The van der Waals surface area contributed by atoms with E-state index in [0.29, 0.717) is 23.7 Å². The number of nitrogens with one attached hydrogen (secondary N) is 1. The van der Waals surface area contributed by atoms with Crippen molar-refractivity contribution in [3.63, 3.8) is 0 Å². The summed E-state index contributed by atoms with van der Waals surface area (Å²) in [6.45, 7) is 6.16. The summed E-state index contributed by atoms with van der Waals surface area (Å²) in [4.78, 5) is 24.5. The first kappa shape index (κ1) is 21.9. The number of hydrogen-bond donors (Lipinski definition) is 1. The molecule has 31 heavy (non-hydrogen) atoms. The number of rotatable bonds is 8. The zero-order chi connectivity index (χ0) is 22.2. The second-order valence-electron chi connectivity index (χ2n) is 6.96. The molecule has 6 heteroatoms. The van der Waals surface area contributed by atoms with Gasteiger partial charge >= 0.3 is 5.97 Å². The molecule has 0 aliphatic carbocycles. The SMILES string of the molecule is CCOc1ccc(OCC(=O)Oc2ccc(C(=O)Nc3cc(C)ccc3C)cc2)cc1. The van der Waals surface area contributed by atoms with Crippen LogP contribution in [0.5, 0.6) is 17.2 Å². The summed E-state index contributed by atoms with van der Waals surface area (Å²) in [6, 6.07) is 19.2. The van der Waals surface area contributed by atoms with Gasteiger partial charge in [0.1, 0.15) is 17.2 Å². The molecule has 0 heterocycles. The van der Waals surface area contributed by atoms with E-state index >= 15 is 0 Å². The molecular weight excluding hydrogens is 394 g/mol. The van der Waals surface area contributed by atoms with Crippen molar-refractivity contribution in [2.75, 3.05) is 18.5 Å². The predicted octanol–water partition coefficient (Wildman–Crippen LogP) is 4.94. The smallest absolute Gasteiger partial charge is 0.349 e. The van der Waals surface area contributed by atoms with E-state index in [1.54, 1.807) is 48.5 Å². The second kappa shape index (κ2) is 10.3. The van der Waals surface area contributed by atoms with Crippen LogP contribution in [0, 0.1) is 13.8 Å². The Morgan fingerprint density at radius 3 is 2.06 bits per heavy atom. The number of hydrogen-bond acceptors (Lipinski definition) is 5.